The van der Waals surface area contributed by atoms with Gasteiger partial charge in [-0.05, 0) is 24.1 Å². The SMILES string of the molecule is Cc1cc2c(c3ccc(=O)[nH]c13)OC(CN)C2. The molecule has 1 atom stereocenters. The molecule has 1 aromatic heterocycles. The van der Waals surface area contributed by atoms with Crippen molar-refractivity contribution in [3.63, 3.8) is 0 Å². The molecule has 1 unspecified atom stereocenters. The Kier molecular flexibility index (Phi) is 2.19. The fourth-order valence-corrected chi connectivity index (χ4v) is 2.42. The highest BCUT2D eigenvalue weighted by Crippen LogP contribution is 2.36. The molecule has 1 aromatic carbocycles. The van der Waals surface area contributed by atoms with Crippen molar-refractivity contribution < 1.29 is 4.74 Å². The van der Waals surface area contributed by atoms with Gasteiger partial charge in [0.1, 0.15) is 11.9 Å². The van der Waals surface area contributed by atoms with Gasteiger partial charge in [0.15, 0.2) is 0 Å². The van der Waals surface area contributed by atoms with E-state index in [0.29, 0.717) is 6.54 Å². The number of pyridine rings is 1. The molecular weight excluding hydrogens is 216 g/mol. The maximum Gasteiger partial charge on any atom is 0.248 e. The van der Waals surface area contributed by atoms with Crippen LogP contribution in [0.3, 0.4) is 0 Å². The van der Waals surface area contributed by atoms with Gasteiger partial charge < -0.3 is 15.5 Å². The molecule has 0 bridgehead atoms. The van der Waals surface area contributed by atoms with Crippen molar-refractivity contribution in [1.82, 2.24) is 4.98 Å². The number of aromatic amines is 1. The van der Waals surface area contributed by atoms with Gasteiger partial charge in [-0.25, -0.2) is 0 Å². The molecule has 3 N–H and O–H groups in total. The lowest BCUT2D eigenvalue weighted by Crippen LogP contribution is -2.24. The molecule has 0 spiro atoms. The number of H-pyrrole nitrogens is 1. The van der Waals surface area contributed by atoms with Gasteiger partial charge in [-0.1, -0.05) is 6.07 Å². The second-order valence-corrected chi connectivity index (χ2v) is 4.47. The summed E-state index contributed by atoms with van der Waals surface area (Å²) in [5.41, 5.74) is 8.65. The van der Waals surface area contributed by atoms with Gasteiger partial charge >= 0.3 is 0 Å². The first-order chi connectivity index (χ1) is 8.19. The molecule has 88 valence electrons. The van der Waals surface area contributed by atoms with Crippen LogP contribution in [-0.4, -0.2) is 17.6 Å². The number of aryl methyl sites for hydroxylation is 1. The minimum Gasteiger partial charge on any atom is -0.488 e. The van der Waals surface area contributed by atoms with Crippen molar-refractivity contribution in [2.24, 2.45) is 5.73 Å². The quantitative estimate of drug-likeness (QED) is 0.770. The number of fused-ring (bicyclic) bond motifs is 3. The second kappa shape index (κ2) is 3.60. The molecule has 0 saturated carbocycles. The normalized spacial score (nSPS) is 18.1. The molecular formula is C13H14N2O2. The standard InChI is InChI=1S/C13H14N2O2/c1-7-4-8-5-9(6-14)17-13(8)10-2-3-11(16)15-12(7)10/h2-4,9H,5-6,14H2,1H3,(H,15,16). The highest BCUT2D eigenvalue weighted by molar-refractivity contribution is 5.89. The van der Waals surface area contributed by atoms with Gasteiger partial charge in [-0.15, -0.1) is 0 Å². The minimum atomic E-state index is -0.0890. The first-order valence-electron chi connectivity index (χ1n) is 5.71. The summed E-state index contributed by atoms with van der Waals surface area (Å²) in [6.45, 7) is 2.51. The molecule has 2 aromatic rings. The molecule has 17 heavy (non-hydrogen) atoms. The number of ether oxygens (including phenoxy) is 1. The Morgan fingerprint density at radius 1 is 1.53 bits per heavy atom. The number of aromatic nitrogens is 1. The molecule has 1 aliphatic heterocycles. The maximum absolute atomic E-state index is 11.3. The van der Waals surface area contributed by atoms with Crippen LogP contribution in [0.5, 0.6) is 5.75 Å². The van der Waals surface area contributed by atoms with E-state index in [1.54, 1.807) is 0 Å². The van der Waals surface area contributed by atoms with Crippen molar-refractivity contribution in [2.45, 2.75) is 19.4 Å². The van der Waals surface area contributed by atoms with Crippen molar-refractivity contribution in [2.75, 3.05) is 6.54 Å². The van der Waals surface area contributed by atoms with E-state index in [2.05, 4.69) is 11.1 Å². The van der Waals surface area contributed by atoms with E-state index in [9.17, 15) is 4.79 Å². The minimum absolute atomic E-state index is 0.0573. The van der Waals surface area contributed by atoms with E-state index >= 15 is 0 Å². The zero-order valence-corrected chi connectivity index (χ0v) is 9.62. The van der Waals surface area contributed by atoms with E-state index < -0.39 is 0 Å². The summed E-state index contributed by atoms with van der Waals surface area (Å²) < 4.78 is 5.82. The molecule has 0 amide bonds. The number of nitrogens with one attached hydrogen (secondary N) is 1. The molecule has 1 aliphatic rings. The predicted molar refractivity (Wildman–Crippen MR) is 66.5 cm³/mol. The Labute approximate surface area is 98.4 Å². The van der Waals surface area contributed by atoms with Crippen molar-refractivity contribution >= 4 is 10.9 Å². The van der Waals surface area contributed by atoms with Gasteiger partial charge in [-0.2, -0.15) is 0 Å². The topological polar surface area (TPSA) is 68.1 Å². The summed E-state index contributed by atoms with van der Waals surface area (Å²) in [7, 11) is 0. The van der Waals surface area contributed by atoms with Crippen LogP contribution in [0.2, 0.25) is 0 Å². The molecule has 4 heteroatoms. The summed E-state index contributed by atoms with van der Waals surface area (Å²) in [5.74, 6) is 0.873. The lowest BCUT2D eigenvalue weighted by Gasteiger charge is -2.09. The monoisotopic (exact) mass is 230 g/mol. The molecule has 0 radical (unpaired) electrons. The van der Waals surface area contributed by atoms with Gasteiger partial charge in [0, 0.05) is 24.4 Å². The van der Waals surface area contributed by atoms with E-state index in [-0.39, 0.29) is 11.7 Å². The average Bonchev–Trinajstić information content (AvgIpc) is 2.72. The number of hydrogen-bond donors (Lipinski definition) is 2. The third kappa shape index (κ3) is 1.52. The third-order valence-corrected chi connectivity index (χ3v) is 3.24. The van der Waals surface area contributed by atoms with Crippen LogP contribution in [0.1, 0.15) is 11.1 Å². The van der Waals surface area contributed by atoms with Crippen LogP contribution in [0, 0.1) is 6.92 Å². The Balaban J connectivity index is 2.30. The summed E-state index contributed by atoms with van der Waals surface area (Å²) in [6, 6.07) is 5.42. The molecule has 0 saturated heterocycles. The van der Waals surface area contributed by atoms with Crippen LogP contribution >= 0.6 is 0 Å². The summed E-state index contributed by atoms with van der Waals surface area (Å²) in [4.78, 5) is 14.2. The van der Waals surface area contributed by atoms with Crippen LogP contribution in [0.15, 0.2) is 23.0 Å². The molecule has 0 aliphatic carbocycles. The van der Waals surface area contributed by atoms with Gasteiger partial charge in [0.05, 0.1) is 5.52 Å². The maximum atomic E-state index is 11.3. The van der Waals surface area contributed by atoms with Crippen molar-refractivity contribution in [3.05, 3.63) is 39.7 Å². The van der Waals surface area contributed by atoms with Gasteiger partial charge in [-0.3, -0.25) is 4.79 Å². The van der Waals surface area contributed by atoms with Crippen LogP contribution in [0.4, 0.5) is 0 Å². The Bertz CT molecular complexity index is 646. The van der Waals surface area contributed by atoms with Gasteiger partial charge in [0.25, 0.3) is 0 Å². The lowest BCUT2D eigenvalue weighted by atomic mass is 10.0. The largest absolute Gasteiger partial charge is 0.488 e. The number of hydrogen-bond acceptors (Lipinski definition) is 3. The lowest BCUT2D eigenvalue weighted by molar-refractivity contribution is 0.244. The Morgan fingerprint density at radius 3 is 3.12 bits per heavy atom. The third-order valence-electron chi connectivity index (χ3n) is 3.24. The van der Waals surface area contributed by atoms with E-state index in [4.69, 9.17) is 10.5 Å². The summed E-state index contributed by atoms with van der Waals surface area (Å²) >= 11 is 0. The number of benzene rings is 1. The van der Waals surface area contributed by atoms with E-state index in [0.717, 1.165) is 28.6 Å². The molecule has 3 rings (SSSR count). The van der Waals surface area contributed by atoms with Crippen LogP contribution < -0.4 is 16.0 Å². The van der Waals surface area contributed by atoms with Crippen molar-refractivity contribution in [3.8, 4) is 5.75 Å². The first-order valence-corrected chi connectivity index (χ1v) is 5.71. The fourth-order valence-electron chi connectivity index (χ4n) is 2.42. The number of rotatable bonds is 1. The highest BCUT2D eigenvalue weighted by Gasteiger charge is 2.24. The smallest absolute Gasteiger partial charge is 0.248 e. The zero-order chi connectivity index (χ0) is 12.0. The highest BCUT2D eigenvalue weighted by atomic mass is 16.5. The fraction of sp³-hybridized carbons (Fsp3) is 0.308. The number of nitrogens with two attached hydrogens (primary N) is 1. The van der Waals surface area contributed by atoms with E-state index in [1.165, 1.54) is 11.6 Å². The average molecular weight is 230 g/mol. The summed E-state index contributed by atoms with van der Waals surface area (Å²) in [6.07, 6.45) is 0.906. The molecule has 2 heterocycles. The van der Waals surface area contributed by atoms with Crippen molar-refractivity contribution in [1.29, 1.82) is 0 Å². The van der Waals surface area contributed by atoms with Crippen LogP contribution in [0.25, 0.3) is 10.9 Å². The zero-order valence-electron chi connectivity index (χ0n) is 9.62. The molecule has 4 nitrogen and oxygen atoms in total. The Morgan fingerprint density at radius 2 is 2.35 bits per heavy atom. The van der Waals surface area contributed by atoms with E-state index in [1.807, 2.05) is 13.0 Å². The Hall–Kier alpha value is -1.81. The molecule has 0 fully saturated rings. The second-order valence-electron chi connectivity index (χ2n) is 4.47. The van der Waals surface area contributed by atoms with Crippen LogP contribution in [-0.2, 0) is 6.42 Å². The summed E-state index contributed by atoms with van der Waals surface area (Å²) in [5, 5.41) is 0.968. The predicted octanol–water partition coefficient (Wildman–Crippen LogP) is 1.10. The van der Waals surface area contributed by atoms with Gasteiger partial charge in [0.2, 0.25) is 5.56 Å². The first kappa shape index (κ1) is 10.4.